The van der Waals surface area contributed by atoms with Gasteiger partial charge in [-0.05, 0) is 43.2 Å². The number of rotatable bonds is 7. The molecule has 32 heavy (non-hydrogen) atoms. The van der Waals surface area contributed by atoms with Crippen LogP contribution in [0, 0.1) is 5.92 Å². The number of carbonyl (C=O) groups is 2. The van der Waals surface area contributed by atoms with Crippen LogP contribution in [0.5, 0.6) is 0 Å². The number of fused-ring (bicyclic) bond motifs is 3. The van der Waals surface area contributed by atoms with Crippen molar-refractivity contribution in [2.45, 2.75) is 39.2 Å². The number of nitrogens with zero attached hydrogens (tertiary/aromatic N) is 3. The van der Waals surface area contributed by atoms with Crippen LogP contribution in [0.2, 0.25) is 10.0 Å². The van der Waals surface area contributed by atoms with Gasteiger partial charge in [0.15, 0.2) is 5.92 Å². The number of esters is 1. The highest BCUT2D eigenvalue weighted by atomic mass is 35.5. The summed E-state index contributed by atoms with van der Waals surface area (Å²) in [5.74, 6) is -1.46. The molecule has 0 bridgehead atoms. The van der Waals surface area contributed by atoms with Gasteiger partial charge in [0.05, 0.1) is 23.7 Å². The Morgan fingerprint density at radius 3 is 2.62 bits per heavy atom. The second kappa shape index (κ2) is 9.51. The standard InChI is InChI=1S/C24H25Cl2N3O3/c1-3-5-8-13-28-22(30)20(23(31)32-4-2)21(16-12-11-15(25)14-17(16)26)29-19-10-7-6-9-18(19)27-24(28)29/h6-7,9-12,14,20-21H,3-5,8,13H2,1-2H3/t20-,21+/m1/s1. The van der Waals surface area contributed by atoms with Crippen LogP contribution in [0.1, 0.15) is 44.7 Å². The van der Waals surface area contributed by atoms with Crippen LogP contribution in [-0.2, 0) is 14.3 Å². The Labute approximate surface area is 197 Å². The second-order valence-corrected chi connectivity index (χ2v) is 8.65. The number of aromatic nitrogens is 2. The lowest BCUT2D eigenvalue weighted by atomic mass is 9.89. The van der Waals surface area contributed by atoms with Crippen LogP contribution in [0.4, 0.5) is 5.95 Å². The zero-order valence-corrected chi connectivity index (χ0v) is 19.6. The summed E-state index contributed by atoms with van der Waals surface area (Å²) in [7, 11) is 0. The van der Waals surface area contributed by atoms with Crippen LogP contribution >= 0.6 is 23.2 Å². The first-order valence-corrected chi connectivity index (χ1v) is 11.6. The van der Waals surface area contributed by atoms with E-state index in [1.165, 1.54) is 0 Å². The van der Waals surface area contributed by atoms with Crippen molar-refractivity contribution in [3.05, 3.63) is 58.1 Å². The van der Waals surface area contributed by atoms with Crippen LogP contribution in [0.25, 0.3) is 11.0 Å². The number of anilines is 1. The highest BCUT2D eigenvalue weighted by Gasteiger charge is 2.48. The summed E-state index contributed by atoms with van der Waals surface area (Å²) in [6.45, 7) is 4.49. The van der Waals surface area contributed by atoms with E-state index in [9.17, 15) is 9.59 Å². The number of para-hydroxylation sites is 2. The highest BCUT2D eigenvalue weighted by molar-refractivity contribution is 6.35. The summed E-state index contributed by atoms with van der Waals surface area (Å²) in [6, 6.07) is 12.0. The first-order chi connectivity index (χ1) is 15.5. The zero-order valence-electron chi connectivity index (χ0n) is 18.1. The van der Waals surface area contributed by atoms with E-state index in [0.29, 0.717) is 28.1 Å². The lowest BCUT2D eigenvalue weighted by Crippen LogP contribution is -2.50. The molecular formula is C24H25Cl2N3O3. The van der Waals surface area contributed by atoms with Crippen molar-refractivity contribution in [3.8, 4) is 0 Å². The van der Waals surface area contributed by atoms with Gasteiger partial charge < -0.3 is 9.30 Å². The van der Waals surface area contributed by atoms with Crippen molar-refractivity contribution in [1.82, 2.24) is 9.55 Å². The van der Waals surface area contributed by atoms with Crippen molar-refractivity contribution in [1.29, 1.82) is 0 Å². The number of hydrogen-bond acceptors (Lipinski definition) is 4. The fourth-order valence-corrected chi connectivity index (χ4v) is 4.82. The molecule has 0 fully saturated rings. The quantitative estimate of drug-likeness (QED) is 0.252. The molecule has 168 valence electrons. The summed E-state index contributed by atoms with van der Waals surface area (Å²) in [6.07, 6.45) is 2.80. The van der Waals surface area contributed by atoms with Gasteiger partial charge in [0, 0.05) is 16.6 Å². The minimum atomic E-state index is -1.08. The minimum absolute atomic E-state index is 0.178. The SMILES string of the molecule is CCCCCN1C(=O)[C@H](C(=O)OCC)[C@H](c2ccc(Cl)cc2Cl)n2c1nc1ccccc12. The van der Waals surface area contributed by atoms with E-state index < -0.39 is 17.9 Å². The molecular weight excluding hydrogens is 449 g/mol. The van der Waals surface area contributed by atoms with Crippen molar-refractivity contribution in [3.63, 3.8) is 0 Å². The third kappa shape index (κ3) is 3.97. The molecule has 1 aromatic heterocycles. The Morgan fingerprint density at radius 2 is 1.91 bits per heavy atom. The molecule has 1 aliphatic rings. The van der Waals surface area contributed by atoms with Gasteiger partial charge in [0.1, 0.15) is 0 Å². The van der Waals surface area contributed by atoms with Gasteiger partial charge in [-0.1, -0.05) is 61.2 Å². The Hall–Kier alpha value is -2.57. The monoisotopic (exact) mass is 473 g/mol. The normalized spacial score (nSPS) is 18.1. The molecule has 2 aromatic carbocycles. The third-order valence-electron chi connectivity index (χ3n) is 5.75. The zero-order chi connectivity index (χ0) is 22.8. The molecule has 3 aromatic rings. The van der Waals surface area contributed by atoms with Gasteiger partial charge >= 0.3 is 5.97 Å². The van der Waals surface area contributed by atoms with E-state index in [-0.39, 0.29) is 12.5 Å². The molecule has 6 nitrogen and oxygen atoms in total. The summed E-state index contributed by atoms with van der Waals surface area (Å²) in [5, 5.41) is 0.859. The predicted molar refractivity (Wildman–Crippen MR) is 126 cm³/mol. The van der Waals surface area contributed by atoms with Gasteiger partial charge in [-0.25, -0.2) is 4.98 Å². The van der Waals surface area contributed by atoms with Crippen molar-refractivity contribution in [2.75, 3.05) is 18.1 Å². The lowest BCUT2D eigenvalue weighted by molar-refractivity contribution is -0.153. The van der Waals surface area contributed by atoms with E-state index in [1.807, 2.05) is 28.8 Å². The van der Waals surface area contributed by atoms with Gasteiger partial charge in [-0.3, -0.25) is 14.5 Å². The Bertz CT molecular complexity index is 1160. The molecule has 0 unspecified atom stereocenters. The molecule has 1 amide bonds. The number of halogens is 2. The minimum Gasteiger partial charge on any atom is -0.465 e. The second-order valence-electron chi connectivity index (χ2n) is 7.81. The predicted octanol–water partition coefficient (Wildman–Crippen LogP) is 5.65. The van der Waals surface area contributed by atoms with E-state index in [2.05, 4.69) is 6.92 Å². The molecule has 1 aliphatic heterocycles. The number of carbonyl (C=O) groups excluding carboxylic acids is 2. The molecule has 2 atom stereocenters. The topological polar surface area (TPSA) is 64.4 Å². The maximum atomic E-state index is 13.7. The molecule has 0 spiro atoms. The number of imidazole rings is 1. The summed E-state index contributed by atoms with van der Waals surface area (Å²) >= 11 is 12.7. The van der Waals surface area contributed by atoms with Crippen LogP contribution < -0.4 is 4.90 Å². The summed E-state index contributed by atoms with van der Waals surface area (Å²) in [4.78, 5) is 33.3. The Balaban J connectivity index is 1.97. The first kappa shape index (κ1) is 22.6. The maximum absolute atomic E-state index is 13.7. The van der Waals surface area contributed by atoms with Gasteiger partial charge in [0.25, 0.3) is 0 Å². The molecule has 0 radical (unpaired) electrons. The smallest absolute Gasteiger partial charge is 0.321 e. The van der Waals surface area contributed by atoms with Crippen LogP contribution in [0.3, 0.4) is 0 Å². The number of amides is 1. The molecule has 2 heterocycles. The summed E-state index contributed by atoms with van der Waals surface area (Å²) in [5.41, 5.74) is 2.19. The van der Waals surface area contributed by atoms with Gasteiger partial charge in [-0.15, -0.1) is 0 Å². The lowest BCUT2D eigenvalue weighted by Gasteiger charge is -2.38. The van der Waals surface area contributed by atoms with E-state index >= 15 is 0 Å². The first-order valence-electron chi connectivity index (χ1n) is 10.9. The Morgan fingerprint density at radius 1 is 1.12 bits per heavy atom. The average Bonchev–Trinajstić information content (AvgIpc) is 3.14. The molecule has 0 saturated carbocycles. The summed E-state index contributed by atoms with van der Waals surface area (Å²) < 4.78 is 7.30. The molecule has 4 rings (SSSR count). The number of unbranched alkanes of at least 4 members (excludes halogenated alkanes) is 2. The van der Waals surface area contributed by atoms with E-state index in [1.54, 1.807) is 30.0 Å². The highest BCUT2D eigenvalue weighted by Crippen LogP contribution is 2.43. The maximum Gasteiger partial charge on any atom is 0.321 e. The third-order valence-corrected chi connectivity index (χ3v) is 6.31. The largest absolute Gasteiger partial charge is 0.465 e. The van der Waals surface area contributed by atoms with Crippen LogP contribution in [0.15, 0.2) is 42.5 Å². The number of hydrogen-bond donors (Lipinski definition) is 0. The number of ether oxygens (including phenoxy) is 1. The van der Waals surface area contributed by atoms with Crippen molar-refractivity contribution in [2.24, 2.45) is 5.92 Å². The Kier molecular flexibility index (Phi) is 6.72. The van der Waals surface area contributed by atoms with Crippen molar-refractivity contribution >= 4 is 52.1 Å². The molecule has 8 heteroatoms. The van der Waals surface area contributed by atoms with Crippen molar-refractivity contribution < 1.29 is 14.3 Å². The number of benzene rings is 2. The van der Waals surface area contributed by atoms with Gasteiger partial charge in [0.2, 0.25) is 11.9 Å². The van der Waals surface area contributed by atoms with E-state index in [0.717, 1.165) is 30.3 Å². The average molecular weight is 474 g/mol. The fraction of sp³-hybridized carbons (Fsp3) is 0.375. The molecule has 0 N–H and O–H groups in total. The van der Waals surface area contributed by atoms with E-state index in [4.69, 9.17) is 32.9 Å². The fourth-order valence-electron chi connectivity index (χ4n) is 4.30. The van der Waals surface area contributed by atoms with Crippen LogP contribution in [-0.4, -0.2) is 34.6 Å². The molecule has 0 saturated heterocycles. The van der Waals surface area contributed by atoms with Gasteiger partial charge in [-0.2, -0.15) is 0 Å². The molecule has 0 aliphatic carbocycles.